The van der Waals surface area contributed by atoms with Gasteiger partial charge in [-0.3, -0.25) is 14.5 Å². The number of ether oxygens (including phenoxy) is 1. The van der Waals surface area contributed by atoms with Gasteiger partial charge in [0.25, 0.3) is 0 Å². The number of nitrogens with one attached hydrogen (secondary N) is 2. The van der Waals surface area contributed by atoms with Gasteiger partial charge in [-0.15, -0.1) is 0 Å². The molecule has 0 atom stereocenters. The van der Waals surface area contributed by atoms with E-state index in [1.807, 2.05) is 31.2 Å². The van der Waals surface area contributed by atoms with Gasteiger partial charge in [0.1, 0.15) is 12.3 Å². The Bertz CT molecular complexity index is 706. The maximum absolute atomic E-state index is 12.1. The summed E-state index contributed by atoms with van der Waals surface area (Å²) in [6.45, 7) is 5.55. The molecule has 0 bridgehead atoms. The number of aromatic nitrogens is 3. The summed E-state index contributed by atoms with van der Waals surface area (Å²) >= 11 is 5.25. The lowest BCUT2D eigenvalue weighted by atomic mass is 10.2. The number of benzene rings is 1. The van der Waals surface area contributed by atoms with Crippen LogP contribution in [0.15, 0.2) is 24.3 Å². The lowest BCUT2D eigenvalue weighted by Gasteiger charge is -2.09. The molecule has 2 rings (SSSR count). The van der Waals surface area contributed by atoms with Crippen molar-refractivity contribution in [1.29, 1.82) is 0 Å². The van der Waals surface area contributed by atoms with E-state index < -0.39 is 0 Å². The van der Waals surface area contributed by atoms with Gasteiger partial charge in [0, 0.05) is 12.1 Å². The Morgan fingerprint density at radius 2 is 2.04 bits per heavy atom. The Kier molecular flexibility index (Phi) is 6.99. The summed E-state index contributed by atoms with van der Waals surface area (Å²) in [4.78, 5) is 12.1. The average molecular weight is 348 g/mol. The number of rotatable bonds is 9. The van der Waals surface area contributed by atoms with Crippen molar-refractivity contribution in [1.82, 2.24) is 20.1 Å². The van der Waals surface area contributed by atoms with Crippen molar-refractivity contribution >= 4 is 18.1 Å². The fraction of sp³-hybridized carbons (Fsp3) is 0.471. The zero-order valence-corrected chi connectivity index (χ0v) is 15.0. The largest absolute Gasteiger partial charge is 0.494 e. The molecule has 1 aromatic carbocycles. The quantitative estimate of drug-likeness (QED) is 0.539. The van der Waals surface area contributed by atoms with E-state index >= 15 is 0 Å². The highest BCUT2D eigenvalue weighted by Crippen LogP contribution is 2.21. The van der Waals surface area contributed by atoms with Crippen LogP contribution >= 0.6 is 12.2 Å². The van der Waals surface area contributed by atoms with Gasteiger partial charge in [0.15, 0.2) is 10.6 Å². The van der Waals surface area contributed by atoms with Gasteiger partial charge < -0.3 is 10.1 Å². The number of nitrogens with zero attached hydrogens (tertiary/aromatic N) is 2. The van der Waals surface area contributed by atoms with Crippen molar-refractivity contribution in [2.45, 2.75) is 39.7 Å². The Morgan fingerprint density at radius 3 is 2.71 bits per heavy atom. The molecule has 0 saturated heterocycles. The Labute approximate surface area is 147 Å². The van der Waals surface area contributed by atoms with E-state index in [0.717, 1.165) is 30.6 Å². The topological polar surface area (TPSA) is 71.9 Å². The van der Waals surface area contributed by atoms with Crippen molar-refractivity contribution in [2.24, 2.45) is 0 Å². The fourth-order valence-corrected chi connectivity index (χ4v) is 2.55. The molecule has 24 heavy (non-hydrogen) atoms. The highest BCUT2D eigenvalue weighted by molar-refractivity contribution is 7.71. The number of amides is 1. The van der Waals surface area contributed by atoms with E-state index in [9.17, 15) is 4.79 Å². The SMILES string of the molecule is CCCCCNC(=O)Cn1c(-c2ccc(OCC)cc2)n[nH]c1=S. The number of H-pyrrole nitrogens is 1. The van der Waals surface area contributed by atoms with Gasteiger partial charge in [-0.1, -0.05) is 19.8 Å². The van der Waals surface area contributed by atoms with Gasteiger partial charge >= 0.3 is 0 Å². The number of aromatic amines is 1. The molecule has 1 heterocycles. The first kappa shape index (κ1) is 18.2. The van der Waals surface area contributed by atoms with E-state index in [1.54, 1.807) is 4.57 Å². The molecule has 2 aromatic rings. The molecule has 2 N–H and O–H groups in total. The van der Waals surface area contributed by atoms with Crippen molar-refractivity contribution in [3.05, 3.63) is 29.0 Å². The lowest BCUT2D eigenvalue weighted by molar-refractivity contribution is -0.121. The van der Waals surface area contributed by atoms with Crippen molar-refractivity contribution < 1.29 is 9.53 Å². The number of hydrogen-bond acceptors (Lipinski definition) is 4. The van der Waals surface area contributed by atoms with E-state index in [2.05, 4.69) is 22.4 Å². The molecule has 1 amide bonds. The first-order valence-electron chi connectivity index (χ1n) is 8.30. The molecule has 0 fully saturated rings. The lowest BCUT2D eigenvalue weighted by Crippen LogP contribution is -2.28. The minimum atomic E-state index is -0.0595. The Hall–Kier alpha value is -2.15. The van der Waals surface area contributed by atoms with Crippen LogP contribution in [0.3, 0.4) is 0 Å². The molecule has 0 aliphatic carbocycles. The summed E-state index contributed by atoms with van der Waals surface area (Å²) in [6, 6.07) is 7.58. The summed E-state index contributed by atoms with van der Waals surface area (Å²) in [5.41, 5.74) is 0.879. The van der Waals surface area contributed by atoms with Gasteiger partial charge in [-0.25, -0.2) is 0 Å². The number of hydrogen-bond donors (Lipinski definition) is 2. The molecule has 1 aromatic heterocycles. The van der Waals surface area contributed by atoms with E-state index in [4.69, 9.17) is 17.0 Å². The number of carbonyl (C=O) groups is 1. The third-order valence-corrected chi connectivity index (χ3v) is 3.90. The van der Waals surface area contributed by atoms with Crippen LogP contribution in [-0.4, -0.2) is 33.8 Å². The highest BCUT2D eigenvalue weighted by atomic mass is 32.1. The van der Waals surface area contributed by atoms with E-state index in [0.29, 0.717) is 23.7 Å². The van der Waals surface area contributed by atoms with Crippen LogP contribution in [0.1, 0.15) is 33.1 Å². The van der Waals surface area contributed by atoms with Crippen LogP contribution in [0.5, 0.6) is 5.75 Å². The maximum Gasteiger partial charge on any atom is 0.240 e. The molecule has 6 nitrogen and oxygen atoms in total. The van der Waals surface area contributed by atoms with Gasteiger partial charge in [-0.05, 0) is 49.8 Å². The minimum Gasteiger partial charge on any atom is -0.494 e. The summed E-state index contributed by atoms with van der Waals surface area (Å²) in [5, 5.41) is 9.93. The summed E-state index contributed by atoms with van der Waals surface area (Å²) in [5.74, 6) is 1.39. The van der Waals surface area contributed by atoms with Crippen molar-refractivity contribution in [3.8, 4) is 17.1 Å². The van der Waals surface area contributed by atoms with E-state index in [-0.39, 0.29) is 12.5 Å². The van der Waals surface area contributed by atoms with Crippen LogP contribution in [-0.2, 0) is 11.3 Å². The monoisotopic (exact) mass is 348 g/mol. The first-order chi connectivity index (χ1) is 11.7. The third-order valence-electron chi connectivity index (χ3n) is 3.59. The standard InChI is InChI=1S/C17H24N4O2S/c1-3-5-6-11-18-15(22)12-21-16(19-20-17(21)24)13-7-9-14(10-8-13)23-4-2/h7-10H,3-6,11-12H2,1-2H3,(H,18,22)(H,20,24). The summed E-state index contributed by atoms with van der Waals surface area (Å²) < 4.78 is 7.58. The third kappa shape index (κ3) is 4.92. The molecule has 0 spiro atoms. The van der Waals surface area contributed by atoms with E-state index in [1.165, 1.54) is 0 Å². The molecule has 0 aliphatic heterocycles. The zero-order chi connectivity index (χ0) is 17.4. The van der Waals surface area contributed by atoms with Gasteiger partial charge in [0.05, 0.1) is 6.61 Å². The molecule has 0 saturated carbocycles. The highest BCUT2D eigenvalue weighted by Gasteiger charge is 2.12. The maximum atomic E-state index is 12.1. The van der Waals surface area contributed by atoms with Gasteiger partial charge in [0.2, 0.25) is 5.91 Å². The predicted octanol–water partition coefficient (Wildman–Crippen LogP) is 3.31. The molecule has 0 unspecified atom stereocenters. The Balaban J connectivity index is 2.07. The van der Waals surface area contributed by atoms with Crippen LogP contribution < -0.4 is 10.1 Å². The Morgan fingerprint density at radius 1 is 1.29 bits per heavy atom. The molecule has 130 valence electrons. The second-order valence-electron chi connectivity index (χ2n) is 5.45. The predicted molar refractivity (Wildman–Crippen MR) is 96.6 cm³/mol. The van der Waals surface area contributed by atoms with Crippen LogP contribution in [0.2, 0.25) is 0 Å². The minimum absolute atomic E-state index is 0.0595. The number of carbonyl (C=O) groups excluding carboxylic acids is 1. The van der Waals surface area contributed by atoms with Crippen LogP contribution in [0, 0.1) is 4.77 Å². The van der Waals surface area contributed by atoms with Crippen LogP contribution in [0.4, 0.5) is 0 Å². The molecular weight excluding hydrogens is 324 g/mol. The average Bonchev–Trinajstić information content (AvgIpc) is 2.94. The van der Waals surface area contributed by atoms with Crippen molar-refractivity contribution in [2.75, 3.05) is 13.2 Å². The summed E-state index contributed by atoms with van der Waals surface area (Å²) in [7, 11) is 0. The first-order valence-corrected chi connectivity index (χ1v) is 8.71. The van der Waals surface area contributed by atoms with Crippen LogP contribution in [0.25, 0.3) is 11.4 Å². The number of unbranched alkanes of at least 4 members (excludes halogenated alkanes) is 2. The second kappa shape index (κ2) is 9.22. The summed E-state index contributed by atoms with van der Waals surface area (Å²) in [6.07, 6.45) is 3.23. The zero-order valence-electron chi connectivity index (χ0n) is 14.2. The molecule has 7 heteroatoms. The molecule has 0 aliphatic rings. The second-order valence-corrected chi connectivity index (χ2v) is 5.84. The van der Waals surface area contributed by atoms with Crippen molar-refractivity contribution in [3.63, 3.8) is 0 Å². The molecule has 0 radical (unpaired) electrons. The van der Waals surface area contributed by atoms with Gasteiger partial charge in [-0.2, -0.15) is 5.10 Å². The smallest absolute Gasteiger partial charge is 0.240 e. The fourth-order valence-electron chi connectivity index (χ4n) is 2.35. The normalized spacial score (nSPS) is 10.6. The molecular formula is C17H24N4O2S.